The monoisotopic (exact) mass is 193 g/mol. The smallest absolute Gasteiger partial charge is 0.179 e. The van der Waals surface area contributed by atoms with Crippen molar-refractivity contribution in [1.82, 2.24) is 5.06 Å². The second kappa shape index (κ2) is 3.69. The Hall–Kier alpha value is -0.900. The fraction of sp³-hybridized carbons (Fsp3) is 0.455. The molecule has 0 amide bonds. The Kier molecular flexibility index (Phi) is 2.54. The summed E-state index contributed by atoms with van der Waals surface area (Å²) in [6.07, 6.45) is -0.690. The average Bonchev–Trinajstić information content (AvgIpc) is 2.43. The Morgan fingerprint density at radius 1 is 1.29 bits per heavy atom. The number of hydrogen-bond acceptors (Lipinski definition) is 3. The van der Waals surface area contributed by atoms with E-state index in [1.807, 2.05) is 32.2 Å². The van der Waals surface area contributed by atoms with Crippen molar-refractivity contribution in [2.75, 3.05) is 7.05 Å². The van der Waals surface area contributed by atoms with Crippen molar-refractivity contribution in [1.29, 1.82) is 0 Å². The fourth-order valence-electron chi connectivity index (χ4n) is 1.98. The van der Waals surface area contributed by atoms with Crippen molar-refractivity contribution >= 4 is 0 Å². The van der Waals surface area contributed by atoms with Gasteiger partial charge in [0.25, 0.3) is 0 Å². The van der Waals surface area contributed by atoms with Crippen molar-refractivity contribution in [2.45, 2.75) is 19.3 Å². The molecular formula is C11H15NO2. The van der Waals surface area contributed by atoms with Crippen LogP contribution in [0.15, 0.2) is 30.3 Å². The summed E-state index contributed by atoms with van der Waals surface area (Å²) in [7, 11) is 1.85. The van der Waals surface area contributed by atoms with Crippen LogP contribution in [-0.4, -0.2) is 23.5 Å². The third-order valence-electron chi connectivity index (χ3n) is 2.75. The lowest BCUT2D eigenvalue weighted by molar-refractivity contribution is -0.212. The molecule has 1 aromatic rings. The average molecular weight is 193 g/mol. The molecule has 3 atom stereocenters. The van der Waals surface area contributed by atoms with Gasteiger partial charge in [0.2, 0.25) is 0 Å². The van der Waals surface area contributed by atoms with Gasteiger partial charge in [-0.25, -0.2) is 0 Å². The van der Waals surface area contributed by atoms with Crippen LogP contribution in [0.2, 0.25) is 0 Å². The van der Waals surface area contributed by atoms with E-state index in [9.17, 15) is 5.11 Å². The van der Waals surface area contributed by atoms with Gasteiger partial charge in [-0.15, -0.1) is 0 Å². The summed E-state index contributed by atoms with van der Waals surface area (Å²) in [5, 5.41) is 11.3. The molecule has 1 aromatic carbocycles. The normalized spacial score (nSPS) is 33.5. The summed E-state index contributed by atoms with van der Waals surface area (Å²) >= 11 is 0. The molecule has 0 radical (unpaired) electrons. The van der Waals surface area contributed by atoms with Gasteiger partial charge in [-0.1, -0.05) is 37.3 Å². The minimum atomic E-state index is -0.690. The number of hydrogen-bond donors (Lipinski definition) is 1. The van der Waals surface area contributed by atoms with Crippen LogP contribution >= 0.6 is 0 Å². The van der Waals surface area contributed by atoms with E-state index in [-0.39, 0.29) is 12.0 Å². The van der Waals surface area contributed by atoms with Crippen LogP contribution in [0.3, 0.4) is 0 Å². The molecule has 0 spiro atoms. The highest BCUT2D eigenvalue weighted by molar-refractivity contribution is 5.20. The Bertz CT molecular complexity index is 301. The largest absolute Gasteiger partial charge is 0.366 e. The Morgan fingerprint density at radius 3 is 2.43 bits per heavy atom. The molecule has 0 aliphatic carbocycles. The zero-order valence-electron chi connectivity index (χ0n) is 8.42. The van der Waals surface area contributed by atoms with Crippen LogP contribution in [0.25, 0.3) is 0 Å². The van der Waals surface area contributed by atoms with Gasteiger partial charge in [0.05, 0.1) is 6.04 Å². The molecule has 1 aliphatic heterocycles. The van der Waals surface area contributed by atoms with E-state index in [0.717, 1.165) is 0 Å². The van der Waals surface area contributed by atoms with Gasteiger partial charge in [0.15, 0.2) is 6.29 Å². The molecular weight excluding hydrogens is 178 g/mol. The van der Waals surface area contributed by atoms with Gasteiger partial charge in [-0.05, 0) is 5.56 Å². The van der Waals surface area contributed by atoms with Crippen molar-refractivity contribution in [3.8, 4) is 0 Å². The topological polar surface area (TPSA) is 32.7 Å². The van der Waals surface area contributed by atoms with Crippen molar-refractivity contribution in [2.24, 2.45) is 5.92 Å². The van der Waals surface area contributed by atoms with Gasteiger partial charge in [-0.2, -0.15) is 5.06 Å². The maximum absolute atomic E-state index is 9.54. The van der Waals surface area contributed by atoms with E-state index in [1.165, 1.54) is 5.56 Å². The summed E-state index contributed by atoms with van der Waals surface area (Å²) in [6, 6.07) is 10.2. The zero-order chi connectivity index (χ0) is 10.1. The lowest BCUT2D eigenvalue weighted by Gasteiger charge is -2.19. The van der Waals surface area contributed by atoms with Crippen molar-refractivity contribution in [3.63, 3.8) is 0 Å². The molecule has 3 nitrogen and oxygen atoms in total. The maximum Gasteiger partial charge on any atom is 0.179 e. The number of aliphatic hydroxyl groups excluding tert-OH is 1. The first-order valence-corrected chi connectivity index (χ1v) is 4.83. The van der Waals surface area contributed by atoms with Gasteiger partial charge in [0, 0.05) is 13.0 Å². The lowest BCUT2D eigenvalue weighted by Crippen LogP contribution is -2.19. The zero-order valence-corrected chi connectivity index (χ0v) is 8.42. The first-order chi connectivity index (χ1) is 6.70. The molecule has 76 valence electrons. The number of hydroxylamine groups is 2. The molecule has 0 aromatic heterocycles. The van der Waals surface area contributed by atoms with E-state index in [0.29, 0.717) is 0 Å². The summed E-state index contributed by atoms with van der Waals surface area (Å²) in [6.45, 7) is 1.99. The standard InChI is InChI=1S/C11H15NO2/c1-8-10(12(2)14-11(8)13)9-6-4-3-5-7-9/h3-8,10-11,13H,1-2H3. The molecule has 1 heterocycles. The number of aliphatic hydroxyl groups is 1. The number of rotatable bonds is 1. The highest BCUT2D eigenvalue weighted by atomic mass is 16.8. The molecule has 0 saturated carbocycles. The molecule has 2 rings (SSSR count). The van der Waals surface area contributed by atoms with Crippen molar-refractivity contribution < 1.29 is 9.94 Å². The number of nitrogens with zero attached hydrogens (tertiary/aromatic N) is 1. The first-order valence-electron chi connectivity index (χ1n) is 4.83. The second-order valence-corrected chi connectivity index (χ2v) is 3.76. The third-order valence-corrected chi connectivity index (χ3v) is 2.75. The van der Waals surface area contributed by atoms with Gasteiger partial charge < -0.3 is 5.11 Å². The van der Waals surface area contributed by atoms with E-state index < -0.39 is 6.29 Å². The van der Waals surface area contributed by atoms with E-state index in [4.69, 9.17) is 4.84 Å². The Labute approximate surface area is 83.9 Å². The van der Waals surface area contributed by atoms with Crippen LogP contribution in [0.5, 0.6) is 0 Å². The van der Waals surface area contributed by atoms with Crippen LogP contribution in [0.1, 0.15) is 18.5 Å². The highest BCUT2D eigenvalue weighted by Gasteiger charge is 2.38. The number of benzene rings is 1. The van der Waals surface area contributed by atoms with E-state index in [1.54, 1.807) is 5.06 Å². The quantitative estimate of drug-likeness (QED) is 0.734. The summed E-state index contributed by atoms with van der Waals surface area (Å²) in [4.78, 5) is 5.23. The molecule has 1 N–H and O–H groups in total. The third kappa shape index (κ3) is 1.54. The molecule has 1 fully saturated rings. The first kappa shape index (κ1) is 9.65. The minimum Gasteiger partial charge on any atom is -0.366 e. The SMILES string of the molecule is CC1C(O)ON(C)C1c1ccccc1. The molecule has 1 aliphatic rings. The highest BCUT2D eigenvalue weighted by Crippen LogP contribution is 2.36. The predicted octanol–water partition coefficient (Wildman–Crippen LogP) is 1.56. The van der Waals surface area contributed by atoms with Crippen LogP contribution < -0.4 is 0 Å². The van der Waals surface area contributed by atoms with Crippen LogP contribution in [-0.2, 0) is 4.84 Å². The fourth-order valence-corrected chi connectivity index (χ4v) is 1.98. The van der Waals surface area contributed by atoms with Gasteiger partial charge in [-0.3, -0.25) is 4.84 Å². The lowest BCUT2D eigenvalue weighted by atomic mass is 9.95. The Balaban J connectivity index is 2.26. The second-order valence-electron chi connectivity index (χ2n) is 3.76. The molecule has 0 bridgehead atoms. The minimum absolute atomic E-state index is 0.0994. The molecule has 14 heavy (non-hydrogen) atoms. The molecule has 3 unspecified atom stereocenters. The molecule has 1 saturated heterocycles. The predicted molar refractivity (Wildman–Crippen MR) is 53.2 cm³/mol. The van der Waals surface area contributed by atoms with E-state index >= 15 is 0 Å². The summed E-state index contributed by atoms with van der Waals surface area (Å²) < 4.78 is 0. The van der Waals surface area contributed by atoms with Crippen LogP contribution in [0, 0.1) is 5.92 Å². The van der Waals surface area contributed by atoms with Crippen molar-refractivity contribution in [3.05, 3.63) is 35.9 Å². The summed E-state index contributed by atoms with van der Waals surface area (Å²) in [5.74, 6) is 0.0994. The maximum atomic E-state index is 9.54. The Morgan fingerprint density at radius 2 is 1.93 bits per heavy atom. The van der Waals surface area contributed by atoms with E-state index in [2.05, 4.69) is 12.1 Å². The van der Waals surface area contributed by atoms with Gasteiger partial charge >= 0.3 is 0 Å². The summed E-state index contributed by atoms with van der Waals surface area (Å²) in [5.41, 5.74) is 1.18. The van der Waals surface area contributed by atoms with Crippen LogP contribution in [0.4, 0.5) is 0 Å². The van der Waals surface area contributed by atoms with Gasteiger partial charge in [0.1, 0.15) is 0 Å². The molecule has 3 heteroatoms.